The van der Waals surface area contributed by atoms with E-state index in [1.807, 2.05) is 31.2 Å². The Morgan fingerprint density at radius 1 is 0.897 bits per heavy atom. The Balaban J connectivity index is 1.72. The van der Waals surface area contributed by atoms with E-state index in [0.717, 1.165) is 11.1 Å². The molecule has 0 aliphatic rings. The molecule has 39 heavy (non-hydrogen) atoms. The molecule has 0 spiro atoms. The Bertz CT molecular complexity index is 1320. The second kappa shape index (κ2) is 14.9. The van der Waals surface area contributed by atoms with Crippen LogP contribution in [0.2, 0.25) is 0 Å². The predicted molar refractivity (Wildman–Crippen MR) is 147 cm³/mol. The zero-order valence-corrected chi connectivity index (χ0v) is 22.3. The third kappa shape index (κ3) is 8.43. The van der Waals surface area contributed by atoms with Gasteiger partial charge in [0.25, 0.3) is 0 Å². The van der Waals surface area contributed by atoms with Gasteiger partial charge in [0.15, 0.2) is 0 Å². The van der Waals surface area contributed by atoms with E-state index in [-0.39, 0.29) is 18.0 Å². The van der Waals surface area contributed by atoms with Crippen molar-refractivity contribution in [1.29, 1.82) is 0 Å². The standard InChI is InChI=1S/C30H31FN2O6/c1-5-38-33-29(23-12-16-26(17-13-23)37-18-22-10-14-25(31)15-11-22)21(2)32-39-19-24-8-6-7-9-27(24)28(20-35-3)30(34)36-4/h6-17,20H,5,18-19H2,1-4H3/b28-20-,32-21+,33-29+. The average Bonchev–Trinajstić information content (AvgIpc) is 2.96. The lowest BCUT2D eigenvalue weighted by Gasteiger charge is -2.12. The van der Waals surface area contributed by atoms with Crippen molar-refractivity contribution in [3.8, 4) is 5.75 Å². The van der Waals surface area contributed by atoms with E-state index in [0.29, 0.717) is 41.5 Å². The van der Waals surface area contributed by atoms with Crippen molar-refractivity contribution in [2.45, 2.75) is 27.1 Å². The number of carbonyl (C=O) groups is 1. The summed E-state index contributed by atoms with van der Waals surface area (Å²) in [6.07, 6.45) is 1.33. The highest BCUT2D eigenvalue weighted by atomic mass is 19.1. The third-order valence-electron chi connectivity index (χ3n) is 5.44. The van der Waals surface area contributed by atoms with Crippen molar-refractivity contribution in [2.75, 3.05) is 20.8 Å². The molecule has 0 amide bonds. The number of halogens is 1. The smallest absolute Gasteiger partial charge is 0.341 e. The van der Waals surface area contributed by atoms with Crippen LogP contribution in [0.4, 0.5) is 4.39 Å². The van der Waals surface area contributed by atoms with Gasteiger partial charge >= 0.3 is 5.97 Å². The Labute approximate surface area is 227 Å². The quantitative estimate of drug-likeness (QED) is 0.0892. The minimum atomic E-state index is -0.528. The normalized spacial score (nSPS) is 12.1. The predicted octanol–water partition coefficient (Wildman–Crippen LogP) is 5.90. The van der Waals surface area contributed by atoms with Gasteiger partial charge in [-0.1, -0.05) is 46.7 Å². The van der Waals surface area contributed by atoms with Crippen LogP contribution in [0.3, 0.4) is 0 Å². The van der Waals surface area contributed by atoms with Crippen molar-refractivity contribution in [3.05, 3.63) is 107 Å². The number of oxime groups is 2. The molecule has 3 aromatic rings. The molecule has 204 valence electrons. The molecule has 0 saturated heterocycles. The summed E-state index contributed by atoms with van der Waals surface area (Å²) in [5.74, 6) is -0.171. The van der Waals surface area contributed by atoms with Crippen LogP contribution in [0.5, 0.6) is 5.75 Å². The van der Waals surface area contributed by atoms with E-state index in [9.17, 15) is 9.18 Å². The lowest BCUT2D eigenvalue weighted by molar-refractivity contribution is -0.133. The number of hydrogen-bond acceptors (Lipinski definition) is 8. The number of esters is 1. The van der Waals surface area contributed by atoms with Crippen LogP contribution in [0.1, 0.15) is 36.1 Å². The fourth-order valence-corrected chi connectivity index (χ4v) is 3.51. The summed E-state index contributed by atoms with van der Waals surface area (Å²) in [5, 5.41) is 8.46. The molecule has 0 fully saturated rings. The summed E-state index contributed by atoms with van der Waals surface area (Å²) in [5.41, 5.74) is 4.18. The molecule has 0 atom stereocenters. The van der Waals surface area contributed by atoms with Crippen LogP contribution in [0, 0.1) is 5.82 Å². The molecule has 0 unspecified atom stereocenters. The molecule has 0 bridgehead atoms. The van der Waals surface area contributed by atoms with Crippen molar-refractivity contribution in [2.24, 2.45) is 10.3 Å². The van der Waals surface area contributed by atoms with Crippen LogP contribution in [0.15, 0.2) is 89.4 Å². The first-order valence-electron chi connectivity index (χ1n) is 12.2. The molecule has 3 aromatic carbocycles. The molecule has 0 heterocycles. The van der Waals surface area contributed by atoms with Gasteiger partial charge < -0.3 is 23.9 Å². The largest absolute Gasteiger partial charge is 0.503 e. The van der Waals surface area contributed by atoms with E-state index in [1.165, 1.54) is 32.6 Å². The molecule has 0 N–H and O–H groups in total. The lowest BCUT2D eigenvalue weighted by atomic mass is 10.0. The van der Waals surface area contributed by atoms with Gasteiger partial charge in [0.1, 0.15) is 48.4 Å². The first-order valence-corrected chi connectivity index (χ1v) is 12.2. The van der Waals surface area contributed by atoms with Crippen molar-refractivity contribution in [1.82, 2.24) is 0 Å². The Kier molecular flexibility index (Phi) is 11.1. The first-order chi connectivity index (χ1) is 19.0. The average molecular weight is 535 g/mol. The molecule has 9 heteroatoms. The second-order valence-corrected chi connectivity index (χ2v) is 8.16. The van der Waals surface area contributed by atoms with Crippen LogP contribution in [0.25, 0.3) is 5.57 Å². The number of benzene rings is 3. The van der Waals surface area contributed by atoms with Gasteiger partial charge in [0.2, 0.25) is 0 Å². The van der Waals surface area contributed by atoms with Crippen LogP contribution in [-0.2, 0) is 37.2 Å². The van der Waals surface area contributed by atoms with E-state index in [1.54, 1.807) is 43.3 Å². The third-order valence-corrected chi connectivity index (χ3v) is 5.44. The molecule has 0 aliphatic heterocycles. The van der Waals surface area contributed by atoms with Gasteiger partial charge in [-0.2, -0.15) is 0 Å². The van der Waals surface area contributed by atoms with E-state index < -0.39 is 5.97 Å². The minimum absolute atomic E-state index is 0.0869. The Morgan fingerprint density at radius 2 is 1.62 bits per heavy atom. The molecule has 0 aromatic heterocycles. The van der Waals surface area contributed by atoms with Crippen LogP contribution >= 0.6 is 0 Å². The molecule has 0 saturated carbocycles. The van der Waals surface area contributed by atoms with E-state index in [4.69, 9.17) is 23.9 Å². The zero-order chi connectivity index (χ0) is 28.0. The fourth-order valence-electron chi connectivity index (χ4n) is 3.51. The molecular weight excluding hydrogens is 503 g/mol. The summed E-state index contributed by atoms with van der Waals surface area (Å²) in [4.78, 5) is 23.2. The first kappa shape index (κ1) is 28.9. The van der Waals surface area contributed by atoms with Crippen molar-refractivity contribution < 1.29 is 33.1 Å². The van der Waals surface area contributed by atoms with E-state index >= 15 is 0 Å². The second-order valence-electron chi connectivity index (χ2n) is 8.16. The summed E-state index contributed by atoms with van der Waals surface area (Å²) in [7, 11) is 2.77. The lowest BCUT2D eigenvalue weighted by Crippen LogP contribution is -2.14. The van der Waals surface area contributed by atoms with Gasteiger partial charge in [-0.3, -0.25) is 0 Å². The number of ether oxygens (including phenoxy) is 3. The van der Waals surface area contributed by atoms with Crippen LogP contribution < -0.4 is 4.74 Å². The highest BCUT2D eigenvalue weighted by Crippen LogP contribution is 2.22. The zero-order valence-electron chi connectivity index (χ0n) is 22.3. The highest BCUT2D eigenvalue weighted by molar-refractivity contribution is 6.47. The molecular formula is C30H31FN2O6. The van der Waals surface area contributed by atoms with Gasteiger partial charge in [0.05, 0.1) is 20.5 Å². The minimum Gasteiger partial charge on any atom is -0.503 e. The Morgan fingerprint density at radius 3 is 2.28 bits per heavy atom. The fraction of sp³-hybridized carbons (Fsp3) is 0.233. The number of carbonyl (C=O) groups excluding carboxylic acids is 1. The van der Waals surface area contributed by atoms with Crippen molar-refractivity contribution in [3.63, 3.8) is 0 Å². The van der Waals surface area contributed by atoms with Gasteiger partial charge in [-0.05, 0) is 61.4 Å². The van der Waals surface area contributed by atoms with E-state index in [2.05, 4.69) is 10.3 Å². The van der Waals surface area contributed by atoms with Crippen molar-refractivity contribution >= 4 is 23.0 Å². The summed E-state index contributed by atoms with van der Waals surface area (Å²) in [6, 6.07) is 20.7. The maximum absolute atomic E-state index is 13.1. The number of nitrogens with zero attached hydrogens (tertiary/aromatic N) is 2. The summed E-state index contributed by atoms with van der Waals surface area (Å²) < 4.78 is 28.8. The molecule has 3 rings (SSSR count). The summed E-state index contributed by atoms with van der Waals surface area (Å²) in [6.45, 7) is 4.37. The SMILES string of the molecule is CCO/N=C(\C(C)=N\OCc1ccccc1/C(=C/OC)C(=O)OC)c1ccc(OCc2ccc(F)cc2)cc1. The highest BCUT2D eigenvalue weighted by Gasteiger charge is 2.17. The Hall–Kier alpha value is -4.66. The molecule has 0 aliphatic carbocycles. The number of methoxy groups -OCH3 is 2. The maximum Gasteiger partial charge on any atom is 0.341 e. The summed E-state index contributed by atoms with van der Waals surface area (Å²) >= 11 is 0. The number of hydrogen-bond donors (Lipinski definition) is 0. The molecule has 0 radical (unpaired) electrons. The van der Waals surface area contributed by atoms with Crippen LogP contribution in [-0.4, -0.2) is 38.2 Å². The topological polar surface area (TPSA) is 87.9 Å². The van der Waals surface area contributed by atoms with Gasteiger partial charge in [-0.25, -0.2) is 9.18 Å². The maximum atomic E-state index is 13.1. The molecule has 8 nitrogen and oxygen atoms in total. The van der Waals surface area contributed by atoms with Gasteiger partial charge in [0, 0.05) is 11.1 Å². The monoisotopic (exact) mass is 534 g/mol. The van der Waals surface area contributed by atoms with Gasteiger partial charge in [-0.15, -0.1) is 0 Å². The number of rotatable bonds is 13.